The second kappa shape index (κ2) is 8.31. The van der Waals surface area contributed by atoms with E-state index in [1.54, 1.807) is 0 Å². The number of primary amides is 1. The minimum Gasteiger partial charge on any atom is -0.367 e. The van der Waals surface area contributed by atoms with Crippen molar-refractivity contribution in [2.75, 3.05) is 41.4 Å². The molecule has 1 amide bonds. The number of carbonyl (C=O) groups is 1. The Labute approximate surface area is 181 Å². The molecule has 1 saturated carbocycles. The Morgan fingerprint density at radius 2 is 1.90 bits per heavy atom. The third kappa shape index (κ3) is 5.05. The van der Waals surface area contributed by atoms with E-state index in [4.69, 9.17) is 5.73 Å². The number of amides is 1. The van der Waals surface area contributed by atoms with E-state index in [1.165, 1.54) is 16.8 Å². The average Bonchev–Trinajstić information content (AvgIpc) is 3.52. The van der Waals surface area contributed by atoms with E-state index in [0.717, 1.165) is 24.2 Å². The number of hydrogen-bond donors (Lipinski definition) is 3. The lowest BCUT2D eigenvalue weighted by Gasteiger charge is -2.40. The highest BCUT2D eigenvalue weighted by molar-refractivity contribution is 7.88. The Morgan fingerprint density at radius 1 is 1.19 bits per heavy atom. The van der Waals surface area contributed by atoms with Crippen molar-refractivity contribution in [3.8, 4) is 0 Å². The molecule has 11 heteroatoms. The lowest BCUT2D eigenvalue weighted by atomic mass is 10.1. The Morgan fingerprint density at radius 3 is 2.48 bits per heavy atom. The van der Waals surface area contributed by atoms with Crippen LogP contribution < -0.4 is 21.3 Å². The van der Waals surface area contributed by atoms with Gasteiger partial charge < -0.3 is 21.3 Å². The van der Waals surface area contributed by atoms with Crippen molar-refractivity contribution in [3.63, 3.8) is 0 Å². The lowest BCUT2D eigenvalue weighted by molar-refractivity contribution is 0.100. The van der Waals surface area contributed by atoms with Crippen LogP contribution in [0.1, 0.15) is 30.1 Å². The summed E-state index contributed by atoms with van der Waals surface area (Å²) in [5.41, 5.74) is 7.52. The van der Waals surface area contributed by atoms with Gasteiger partial charge in [0.15, 0.2) is 0 Å². The number of sulfonamides is 1. The fourth-order valence-electron chi connectivity index (χ4n) is 3.63. The SMILES string of the molecule is C[C@@H]1CN(S(C)(=O)=O)CCN1c1ccc(Nc2ncc(C(N)=O)c(NC3CC3)n2)cc1. The number of rotatable bonds is 7. The van der Waals surface area contributed by atoms with Crippen molar-refractivity contribution in [3.05, 3.63) is 36.0 Å². The highest BCUT2D eigenvalue weighted by Gasteiger charge is 2.29. The van der Waals surface area contributed by atoms with Gasteiger partial charge in [-0.05, 0) is 44.0 Å². The first-order valence-corrected chi connectivity index (χ1v) is 12.1. The van der Waals surface area contributed by atoms with E-state index >= 15 is 0 Å². The molecule has 2 fully saturated rings. The Bertz CT molecular complexity index is 1070. The summed E-state index contributed by atoms with van der Waals surface area (Å²) in [7, 11) is -3.17. The summed E-state index contributed by atoms with van der Waals surface area (Å²) in [6, 6.07) is 8.20. The monoisotopic (exact) mass is 445 g/mol. The first-order valence-electron chi connectivity index (χ1n) is 10.2. The predicted octanol–water partition coefficient (Wildman–Crippen LogP) is 1.36. The summed E-state index contributed by atoms with van der Waals surface area (Å²) >= 11 is 0. The number of carbonyl (C=O) groups excluding carboxylic acids is 1. The number of nitrogens with one attached hydrogen (secondary N) is 2. The van der Waals surface area contributed by atoms with Crippen LogP contribution in [0.3, 0.4) is 0 Å². The molecular weight excluding hydrogens is 418 g/mol. The van der Waals surface area contributed by atoms with Crippen LogP contribution in [0.25, 0.3) is 0 Å². The van der Waals surface area contributed by atoms with Gasteiger partial charge in [0.2, 0.25) is 16.0 Å². The van der Waals surface area contributed by atoms with Gasteiger partial charge >= 0.3 is 0 Å². The molecular formula is C20H27N7O3S. The number of hydrogen-bond acceptors (Lipinski definition) is 8. The summed E-state index contributed by atoms with van der Waals surface area (Å²) in [5, 5.41) is 6.37. The van der Waals surface area contributed by atoms with E-state index < -0.39 is 15.9 Å². The van der Waals surface area contributed by atoms with Gasteiger partial charge in [-0.25, -0.2) is 13.4 Å². The maximum atomic E-state index is 11.8. The van der Waals surface area contributed by atoms with Crippen molar-refractivity contribution < 1.29 is 13.2 Å². The Kier molecular flexibility index (Phi) is 5.71. The zero-order valence-electron chi connectivity index (χ0n) is 17.6. The molecule has 1 saturated heterocycles. The summed E-state index contributed by atoms with van der Waals surface area (Å²) in [6.45, 7) is 3.59. The second-order valence-corrected chi connectivity index (χ2v) is 10.1. The van der Waals surface area contributed by atoms with Gasteiger partial charge in [-0.15, -0.1) is 0 Å². The first kappa shape index (κ1) is 21.3. The standard InChI is InChI=1S/C20H27N7O3S/c1-13-12-26(31(2,29)30)9-10-27(13)16-7-5-15(6-8-16)24-20-22-11-17(18(21)28)19(25-20)23-14-3-4-14/h5-8,11,13-14H,3-4,9-10,12H2,1-2H3,(H2,21,28)(H2,22,23,24,25)/t13-/m1/s1. The van der Waals surface area contributed by atoms with E-state index in [2.05, 4.69) is 25.5 Å². The van der Waals surface area contributed by atoms with Crippen LogP contribution >= 0.6 is 0 Å². The van der Waals surface area contributed by atoms with Crippen molar-refractivity contribution >= 4 is 39.1 Å². The highest BCUT2D eigenvalue weighted by atomic mass is 32.2. The number of anilines is 4. The van der Waals surface area contributed by atoms with E-state index in [-0.39, 0.29) is 11.6 Å². The van der Waals surface area contributed by atoms with Crippen LogP contribution in [0.2, 0.25) is 0 Å². The molecule has 1 aliphatic carbocycles. The van der Waals surface area contributed by atoms with Gasteiger partial charge in [0.25, 0.3) is 5.91 Å². The van der Waals surface area contributed by atoms with Crippen molar-refractivity contribution in [1.82, 2.24) is 14.3 Å². The maximum absolute atomic E-state index is 11.8. The van der Waals surface area contributed by atoms with Crippen LogP contribution in [0, 0.1) is 0 Å². The quantitative estimate of drug-likeness (QED) is 0.582. The minimum atomic E-state index is -3.17. The van der Waals surface area contributed by atoms with Crippen molar-refractivity contribution in [2.24, 2.45) is 5.73 Å². The molecule has 2 aliphatic rings. The van der Waals surface area contributed by atoms with Crippen LogP contribution in [0.15, 0.2) is 30.5 Å². The molecule has 166 valence electrons. The fraction of sp³-hybridized carbons (Fsp3) is 0.450. The van der Waals surface area contributed by atoms with Crippen molar-refractivity contribution in [1.29, 1.82) is 0 Å². The molecule has 31 heavy (non-hydrogen) atoms. The van der Waals surface area contributed by atoms with E-state index in [9.17, 15) is 13.2 Å². The molecule has 0 spiro atoms. The zero-order chi connectivity index (χ0) is 22.2. The van der Waals surface area contributed by atoms with Gasteiger partial charge in [-0.2, -0.15) is 9.29 Å². The summed E-state index contributed by atoms with van der Waals surface area (Å²) in [5.74, 6) is 0.252. The van der Waals surface area contributed by atoms with E-state index in [0.29, 0.717) is 37.4 Å². The molecule has 10 nitrogen and oxygen atoms in total. The smallest absolute Gasteiger partial charge is 0.254 e. The Balaban J connectivity index is 1.45. The van der Waals surface area contributed by atoms with Gasteiger partial charge in [0, 0.05) is 49.3 Å². The third-order valence-electron chi connectivity index (χ3n) is 5.49. The second-order valence-electron chi connectivity index (χ2n) is 8.07. The molecule has 1 aliphatic heterocycles. The highest BCUT2D eigenvalue weighted by Crippen LogP contribution is 2.27. The number of aromatic nitrogens is 2. The normalized spacial score (nSPS) is 19.8. The summed E-state index contributed by atoms with van der Waals surface area (Å²) in [4.78, 5) is 22.4. The average molecular weight is 446 g/mol. The van der Waals surface area contributed by atoms with E-state index in [1.807, 2.05) is 31.2 Å². The molecule has 2 heterocycles. The lowest BCUT2D eigenvalue weighted by Crippen LogP contribution is -2.53. The number of piperazine rings is 1. The molecule has 2 aromatic rings. The number of benzene rings is 1. The predicted molar refractivity (Wildman–Crippen MR) is 120 cm³/mol. The molecule has 0 radical (unpaired) electrons. The van der Waals surface area contributed by atoms with Crippen LogP contribution in [0.5, 0.6) is 0 Å². The molecule has 0 bridgehead atoms. The van der Waals surface area contributed by atoms with Gasteiger partial charge in [-0.1, -0.05) is 0 Å². The maximum Gasteiger partial charge on any atom is 0.254 e. The molecule has 0 unspecified atom stereocenters. The van der Waals surface area contributed by atoms with Gasteiger partial charge in [0.1, 0.15) is 5.82 Å². The van der Waals surface area contributed by atoms with Crippen LogP contribution in [-0.4, -0.2) is 66.6 Å². The van der Waals surface area contributed by atoms with Crippen LogP contribution in [0.4, 0.5) is 23.1 Å². The molecule has 1 atom stereocenters. The topological polar surface area (TPSA) is 134 Å². The zero-order valence-corrected chi connectivity index (χ0v) is 18.4. The molecule has 4 N–H and O–H groups in total. The summed E-state index contributed by atoms with van der Waals surface area (Å²) in [6.07, 6.45) is 4.77. The van der Waals surface area contributed by atoms with Crippen molar-refractivity contribution in [2.45, 2.75) is 31.8 Å². The largest absolute Gasteiger partial charge is 0.367 e. The van der Waals surface area contributed by atoms with Crippen LogP contribution in [-0.2, 0) is 10.0 Å². The minimum absolute atomic E-state index is 0.0722. The third-order valence-corrected chi connectivity index (χ3v) is 6.76. The Hall–Kier alpha value is -2.92. The van der Waals surface area contributed by atoms with Gasteiger partial charge in [-0.3, -0.25) is 4.79 Å². The molecule has 1 aromatic carbocycles. The fourth-order valence-corrected chi connectivity index (χ4v) is 4.53. The number of nitrogens with zero attached hydrogens (tertiary/aromatic N) is 4. The molecule has 1 aromatic heterocycles. The first-order chi connectivity index (χ1) is 14.7. The number of nitrogens with two attached hydrogens (primary N) is 1. The molecule has 4 rings (SSSR count). The summed E-state index contributed by atoms with van der Waals surface area (Å²) < 4.78 is 25.1. The van der Waals surface area contributed by atoms with Gasteiger partial charge in [0.05, 0.1) is 11.8 Å².